The molecular formula is C17H23N7O. The van der Waals surface area contributed by atoms with E-state index in [9.17, 15) is 4.79 Å². The van der Waals surface area contributed by atoms with Crippen LogP contribution in [0.2, 0.25) is 0 Å². The predicted molar refractivity (Wildman–Crippen MR) is 96.6 cm³/mol. The Morgan fingerprint density at radius 3 is 2.36 bits per heavy atom. The number of nitrogens with zero attached hydrogens (tertiary/aromatic N) is 6. The summed E-state index contributed by atoms with van der Waals surface area (Å²) in [4.78, 5) is 24.7. The van der Waals surface area contributed by atoms with Crippen molar-refractivity contribution in [2.24, 2.45) is 5.92 Å². The molecule has 0 saturated carbocycles. The number of rotatable bonds is 5. The minimum Gasteiger partial charge on any atom is -0.352 e. The van der Waals surface area contributed by atoms with Crippen molar-refractivity contribution in [1.29, 1.82) is 0 Å². The van der Waals surface area contributed by atoms with E-state index >= 15 is 0 Å². The summed E-state index contributed by atoms with van der Waals surface area (Å²) >= 11 is 0. The fourth-order valence-electron chi connectivity index (χ4n) is 2.72. The first-order valence-corrected chi connectivity index (χ1v) is 8.52. The van der Waals surface area contributed by atoms with Gasteiger partial charge in [0.25, 0.3) is 0 Å². The molecule has 3 heterocycles. The average molecular weight is 341 g/mol. The van der Waals surface area contributed by atoms with E-state index in [1.807, 2.05) is 26.0 Å². The summed E-state index contributed by atoms with van der Waals surface area (Å²) in [5, 5.41) is 11.1. The molecule has 132 valence electrons. The van der Waals surface area contributed by atoms with Crippen LogP contribution in [0.15, 0.2) is 30.6 Å². The van der Waals surface area contributed by atoms with Gasteiger partial charge in [-0.2, -0.15) is 0 Å². The summed E-state index contributed by atoms with van der Waals surface area (Å²) in [6.45, 7) is 7.33. The fraction of sp³-hybridized carbons (Fsp3) is 0.471. The first-order valence-electron chi connectivity index (χ1n) is 8.52. The summed E-state index contributed by atoms with van der Waals surface area (Å²) in [7, 11) is 0. The van der Waals surface area contributed by atoms with E-state index < -0.39 is 0 Å². The zero-order valence-corrected chi connectivity index (χ0v) is 14.6. The van der Waals surface area contributed by atoms with Gasteiger partial charge in [-0.15, -0.1) is 10.2 Å². The third-order valence-electron chi connectivity index (χ3n) is 3.95. The molecule has 1 N–H and O–H groups in total. The van der Waals surface area contributed by atoms with Gasteiger partial charge in [-0.05, 0) is 24.1 Å². The third kappa shape index (κ3) is 4.62. The van der Waals surface area contributed by atoms with Crippen LogP contribution in [0.25, 0.3) is 0 Å². The molecule has 3 rings (SSSR count). The molecule has 2 aromatic rings. The molecule has 2 aromatic heterocycles. The van der Waals surface area contributed by atoms with Crippen LogP contribution in [-0.2, 0) is 4.79 Å². The van der Waals surface area contributed by atoms with Gasteiger partial charge in [-0.1, -0.05) is 13.8 Å². The molecule has 0 unspecified atom stereocenters. The highest BCUT2D eigenvalue weighted by atomic mass is 16.1. The molecule has 0 spiro atoms. The van der Waals surface area contributed by atoms with Crippen LogP contribution in [0.3, 0.4) is 0 Å². The maximum absolute atomic E-state index is 11.8. The average Bonchev–Trinajstić information content (AvgIpc) is 2.62. The molecule has 1 saturated heterocycles. The first-order chi connectivity index (χ1) is 12.1. The fourth-order valence-corrected chi connectivity index (χ4v) is 2.72. The first kappa shape index (κ1) is 17.1. The monoisotopic (exact) mass is 341 g/mol. The minimum atomic E-state index is -0.0338. The smallest absolute Gasteiger partial charge is 0.225 e. The second-order valence-electron chi connectivity index (χ2n) is 6.45. The molecule has 25 heavy (non-hydrogen) atoms. The lowest BCUT2D eigenvalue weighted by atomic mass is 10.1. The molecule has 0 radical (unpaired) electrons. The molecule has 1 fully saturated rings. The highest BCUT2D eigenvalue weighted by Gasteiger charge is 2.20. The molecule has 1 aliphatic heterocycles. The largest absolute Gasteiger partial charge is 0.352 e. The standard InChI is InChI=1S/C17H23N7O/c1-13(2)12-16(25)20-14-4-5-15(22-21-14)23-8-10-24(11-9-23)17-18-6-3-7-19-17/h3-7,13H,8-12H2,1-2H3,(H,20,21,25). The SMILES string of the molecule is CC(C)CC(=O)Nc1ccc(N2CCN(c3ncccn3)CC2)nn1. The van der Waals surface area contributed by atoms with Gasteiger partial charge < -0.3 is 15.1 Å². The van der Waals surface area contributed by atoms with Crippen LogP contribution in [0.4, 0.5) is 17.6 Å². The molecule has 8 heteroatoms. The quantitative estimate of drug-likeness (QED) is 0.883. The maximum atomic E-state index is 11.8. The number of carbonyl (C=O) groups excluding carboxylic acids is 1. The number of anilines is 3. The second-order valence-corrected chi connectivity index (χ2v) is 6.45. The summed E-state index contributed by atoms with van der Waals surface area (Å²) < 4.78 is 0. The Morgan fingerprint density at radius 1 is 1.08 bits per heavy atom. The molecule has 0 aliphatic carbocycles. The number of carbonyl (C=O) groups is 1. The van der Waals surface area contributed by atoms with Crippen molar-refractivity contribution in [3.63, 3.8) is 0 Å². The van der Waals surface area contributed by atoms with Gasteiger partial charge in [0.05, 0.1) is 0 Å². The van der Waals surface area contributed by atoms with Gasteiger partial charge in [-0.3, -0.25) is 4.79 Å². The lowest BCUT2D eigenvalue weighted by Crippen LogP contribution is -2.47. The zero-order valence-electron chi connectivity index (χ0n) is 14.6. The molecule has 1 amide bonds. The second kappa shape index (κ2) is 7.87. The van der Waals surface area contributed by atoms with Crippen LogP contribution in [0.5, 0.6) is 0 Å². The van der Waals surface area contributed by atoms with Gasteiger partial charge in [0, 0.05) is 45.0 Å². The number of hydrogen-bond donors (Lipinski definition) is 1. The topological polar surface area (TPSA) is 87.1 Å². The van der Waals surface area contributed by atoms with Crippen molar-refractivity contribution in [3.05, 3.63) is 30.6 Å². The van der Waals surface area contributed by atoms with Crippen molar-refractivity contribution < 1.29 is 4.79 Å². The van der Waals surface area contributed by atoms with Crippen LogP contribution >= 0.6 is 0 Å². The maximum Gasteiger partial charge on any atom is 0.225 e. The highest BCUT2D eigenvalue weighted by Crippen LogP contribution is 2.16. The summed E-state index contributed by atoms with van der Waals surface area (Å²) in [6, 6.07) is 5.51. The number of amides is 1. The van der Waals surface area contributed by atoms with Crippen molar-refractivity contribution >= 4 is 23.5 Å². The Bertz CT molecular complexity index is 682. The van der Waals surface area contributed by atoms with Crippen LogP contribution in [-0.4, -0.2) is 52.3 Å². The van der Waals surface area contributed by atoms with E-state index in [-0.39, 0.29) is 5.91 Å². The summed E-state index contributed by atoms with van der Waals surface area (Å²) in [6.07, 6.45) is 3.99. The van der Waals surface area contributed by atoms with E-state index in [0.717, 1.165) is 37.9 Å². The number of hydrogen-bond acceptors (Lipinski definition) is 7. The molecule has 0 aromatic carbocycles. The number of nitrogens with one attached hydrogen (secondary N) is 1. The van der Waals surface area contributed by atoms with E-state index in [4.69, 9.17) is 0 Å². The summed E-state index contributed by atoms with van der Waals surface area (Å²) in [5.41, 5.74) is 0. The normalized spacial score (nSPS) is 14.7. The van der Waals surface area contributed by atoms with Gasteiger partial charge in [0.1, 0.15) is 0 Å². The van der Waals surface area contributed by atoms with Gasteiger partial charge in [0.2, 0.25) is 11.9 Å². The Labute approximate surface area is 147 Å². The Balaban J connectivity index is 1.54. The van der Waals surface area contributed by atoms with Crippen LogP contribution in [0.1, 0.15) is 20.3 Å². The van der Waals surface area contributed by atoms with E-state index in [1.165, 1.54) is 0 Å². The Hall–Kier alpha value is -2.77. The Morgan fingerprint density at radius 2 is 1.76 bits per heavy atom. The Kier molecular flexibility index (Phi) is 5.37. The van der Waals surface area contributed by atoms with Crippen LogP contribution in [0, 0.1) is 5.92 Å². The number of aromatic nitrogens is 4. The molecule has 0 bridgehead atoms. The van der Waals surface area contributed by atoms with Gasteiger partial charge in [0.15, 0.2) is 11.6 Å². The third-order valence-corrected chi connectivity index (χ3v) is 3.95. The van der Waals surface area contributed by atoms with E-state index in [0.29, 0.717) is 18.2 Å². The number of piperazine rings is 1. The summed E-state index contributed by atoms with van der Waals surface area (Å²) in [5.74, 6) is 2.35. The van der Waals surface area contributed by atoms with E-state index in [1.54, 1.807) is 18.5 Å². The highest BCUT2D eigenvalue weighted by molar-refractivity contribution is 5.89. The van der Waals surface area contributed by atoms with Gasteiger partial charge >= 0.3 is 0 Å². The predicted octanol–water partition coefficient (Wildman–Crippen LogP) is 1.58. The van der Waals surface area contributed by atoms with Crippen molar-refractivity contribution in [1.82, 2.24) is 20.2 Å². The van der Waals surface area contributed by atoms with Crippen molar-refractivity contribution in [3.8, 4) is 0 Å². The van der Waals surface area contributed by atoms with Crippen LogP contribution < -0.4 is 15.1 Å². The zero-order chi connectivity index (χ0) is 17.6. The lowest BCUT2D eigenvalue weighted by molar-refractivity contribution is -0.116. The van der Waals surface area contributed by atoms with Crippen molar-refractivity contribution in [2.45, 2.75) is 20.3 Å². The lowest BCUT2D eigenvalue weighted by Gasteiger charge is -2.35. The molecule has 8 nitrogen and oxygen atoms in total. The van der Waals surface area contributed by atoms with Crippen molar-refractivity contribution in [2.75, 3.05) is 41.3 Å². The molecule has 1 aliphatic rings. The minimum absolute atomic E-state index is 0.0338. The van der Waals surface area contributed by atoms with Gasteiger partial charge in [-0.25, -0.2) is 9.97 Å². The van der Waals surface area contributed by atoms with E-state index in [2.05, 4.69) is 35.3 Å². The molecular weight excluding hydrogens is 318 g/mol. The molecule has 0 atom stereocenters.